The van der Waals surface area contributed by atoms with Crippen LogP contribution in [0.1, 0.15) is 29.9 Å². The van der Waals surface area contributed by atoms with Crippen LogP contribution in [0.4, 0.5) is 4.79 Å². The van der Waals surface area contributed by atoms with Crippen molar-refractivity contribution in [2.45, 2.75) is 40.6 Å². The number of nitrogens with one attached hydrogen (secondary N) is 1. The molecule has 3 fully saturated rings. The predicted molar refractivity (Wildman–Crippen MR) is 172 cm³/mol. The van der Waals surface area contributed by atoms with Crippen molar-refractivity contribution < 1.29 is 26.4 Å². The number of hydrogen-bond acceptors (Lipinski definition) is 7. The fraction of sp³-hybridized carbons (Fsp3) is 0.375. The largest absolute Gasteiger partial charge is 0.325 e. The number of halogens is 1. The highest BCUT2D eigenvalue weighted by atomic mass is 35.5. The minimum Gasteiger partial charge on any atom is -0.323 e. The lowest BCUT2D eigenvalue weighted by Crippen LogP contribution is -2.55. The Labute approximate surface area is 270 Å². The summed E-state index contributed by atoms with van der Waals surface area (Å²) in [6.45, 7) is 2.72. The quantitative estimate of drug-likeness (QED) is 0.364. The van der Waals surface area contributed by atoms with Gasteiger partial charge in [0.25, 0.3) is 5.91 Å². The van der Waals surface area contributed by atoms with Gasteiger partial charge in [0, 0.05) is 44.9 Å². The highest BCUT2D eigenvalue weighted by Crippen LogP contribution is 2.38. The van der Waals surface area contributed by atoms with E-state index in [4.69, 9.17) is 0 Å². The number of amides is 3. The molecule has 240 valence electrons. The molecule has 3 aliphatic rings. The molecule has 10 nitrogen and oxygen atoms in total. The number of urea groups is 1. The third-order valence-electron chi connectivity index (χ3n) is 9.16. The molecule has 3 amide bonds. The van der Waals surface area contributed by atoms with Gasteiger partial charge in [0.05, 0.1) is 16.3 Å². The first kappa shape index (κ1) is 33.1. The summed E-state index contributed by atoms with van der Waals surface area (Å²) < 4.78 is 52.2. The van der Waals surface area contributed by atoms with E-state index in [0.717, 1.165) is 11.8 Å². The summed E-state index contributed by atoms with van der Waals surface area (Å²) in [4.78, 5) is 30.4. The number of carbonyl (C=O) groups is 2. The molecule has 0 radical (unpaired) electrons. The number of benzene rings is 3. The first-order valence-corrected chi connectivity index (χ1v) is 18.1. The molecule has 3 saturated heterocycles. The molecule has 6 rings (SSSR count). The monoisotopic (exact) mass is 672 g/mol. The summed E-state index contributed by atoms with van der Waals surface area (Å²) in [7, 11) is -6.98. The zero-order valence-electron chi connectivity index (χ0n) is 24.9. The van der Waals surface area contributed by atoms with Crippen LogP contribution in [0.5, 0.6) is 0 Å². The molecule has 13 heteroatoms. The van der Waals surface area contributed by atoms with Crippen molar-refractivity contribution in [3.63, 3.8) is 0 Å². The number of nitrogens with zero attached hydrogens (tertiary/aromatic N) is 3. The maximum Gasteiger partial charge on any atom is 0.325 e. The average molecular weight is 673 g/mol. The SMILES string of the molecule is CS(=O)(=O)c1ccc(CN2C(=O)NC3(CCN(CC4CN(S(=O)(=O)c5ccccc5)CC4c4ccccc4)CC3)C2=O)cc1.Cl. The van der Waals surface area contributed by atoms with Gasteiger partial charge in [-0.15, -0.1) is 12.4 Å². The van der Waals surface area contributed by atoms with Crippen molar-refractivity contribution in [1.29, 1.82) is 0 Å². The van der Waals surface area contributed by atoms with E-state index < -0.39 is 31.4 Å². The maximum absolute atomic E-state index is 13.6. The molecule has 2 atom stereocenters. The Morgan fingerprint density at radius 3 is 2.00 bits per heavy atom. The van der Waals surface area contributed by atoms with Gasteiger partial charge in [-0.3, -0.25) is 9.69 Å². The van der Waals surface area contributed by atoms with E-state index in [-0.39, 0.29) is 41.6 Å². The topological polar surface area (TPSA) is 124 Å². The van der Waals surface area contributed by atoms with Gasteiger partial charge in [0.1, 0.15) is 5.54 Å². The van der Waals surface area contributed by atoms with Crippen LogP contribution in [0.25, 0.3) is 0 Å². The number of piperidine rings is 1. The van der Waals surface area contributed by atoms with Crippen molar-refractivity contribution in [3.8, 4) is 0 Å². The second-order valence-electron chi connectivity index (χ2n) is 12.0. The molecular weight excluding hydrogens is 636 g/mol. The molecule has 3 aromatic rings. The molecule has 3 aliphatic heterocycles. The Hall–Kier alpha value is -3.29. The lowest BCUT2D eigenvalue weighted by molar-refractivity contribution is -0.133. The summed E-state index contributed by atoms with van der Waals surface area (Å²) in [5.74, 6) is -0.175. The summed E-state index contributed by atoms with van der Waals surface area (Å²) in [5.41, 5.74) is 0.797. The third kappa shape index (κ3) is 6.66. The summed E-state index contributed by atoms with van der Waals surface area (Å²) in [6, 6.07) is 24.3. The van der Waals surface area contributed by atoms with Crippen LogP contribution in [-0.2, 0) is 31.2 Å². The van der Waals surface area contributed by atoms with Gasteiger partial charge in [-0.1, -0.05) is 60.7 Å². The summed E-state index contributed by atoms with van der Waals surface area (Å²) in [5, 5.41) is 2.95. The lowest BCUT2D eigenvalue weighted by Gasteiger charge is -2.39. The number of sulfonamides is 1. The van der Waals surface area contributed by atoms with Crippen LogP contribution in [0.15, 0.2) is 94.7 Å². The van der Waals surface area contributed by atoms with Gasteiger partial charge in [0.2, 0.25) is 10.0 Å². The number of rotatable bonds is 8. The lowest BCUT2D eigenvalue weighted by atomic mass is 9.85. The molecule has 0 aromatic heterocycles. The first-order chi connectivity index (χ1) is 21.0. The first-order valence-electron chi connectivity index (χ1n) is 14.7. The molecule has 0 saturated carbocycles. The standard InChI is InChI=1S/C32H36N4O6S2.ClH/c1-43(39,40)27-14-12-24(13-15-27)20-36-30(37)32(33-31(36)38)16-18-34(19-17-32)21-26-22-35(23-29(26)25-8-4-2-5-9-25)44(41,42)28-10-6-3-7-11-28;/h2-15,26,29H,16-23H2,1H3,(H,33,38);1H. The van der Waals surface area contributed by atoms with Crippen LogP contribution in [0, 0.1) is 5.92 Å². The van der Waals surface area contributed by atoms with Gasteiger partial charge in [0.15, 0.2) is 9.84 Å². The Balaban J connectivity index is 0.00000400. The second kappa shape index (κ2) is 12.8. The Kier molecular flexibility index (Phi) is 9.44. The fourth-order valence-corrected chi connectivity index (χ4v) is 8.84. The average Bonchev–Trinajstić information content (AvgIpc) is 3.54. The highest BCUT2D eigenvalue weighted by molar-refractivity contribution is 7.90. The van der Waals surface area contributed by atoms with Crippen LogP contribution in [0.3, 0.4) is 0 Å². The van der Waals surface area contributed by atoms with Crippen LogP contribution < -0.4 is 5.32 Å². The minimum absolute atomic E-state index is 0. The number of sulfone groups is 1. The number of likely N-dealkylation sites (tertiary alicyclic amines) is 1. The number of carbonyl (C=O) groups excluding carboxylic acids is 2. The second-order valence-corrected chi connectivity index (χ2v) is 16.0. The van der Waals surface area contributed by atoms with E-state index in [2.05, 4.69) is 22.3 Å². The normalized spacial score (nSPS) is 22.4. The van der Waals surface area contributed by atoms with Crippen molar-refractivity contribution in [1.82, 2.24) is 19.4 Å². The molecule has 1 spiro atoms. The molecule has 3 heterocycles. The smallest absolute Gasteiger partial charge is 0.323 e. The van der Waals surface area contributed by atoms with Gasteiger partial charge < -0.3 is 10.2 Å². The Morgan fingerprint density at radius 1 is 0.800 bits per heavy atom. The van der Waals surface area contributed by atoms with E-state index in [1.165, 1.54) is 17.0 Å². The molecule has 2 unspecified atom stereocenters. The summed E-state index contributed by atoms with van der Waals surface area (Å²) >= 11 is 0. The molecular formula is C32H37ClN4O6S2. The Morgan fingerprint density at radius 2 is 1.40 bits per heavy atom. The third-order valence-corrected chi connectivity index (χ3v) is 12.1. The van der Waals surface area contributed by atoms with Crippen molar-refractivity contribution >= 4 is 44.2 Å². The van der Waals surface area contributed by atoms with Crippen LogP contribution in [0.2, 0.25) is 0 Å². The van der Waals surface area contributed by atoms with Gasteiger partial charge in [-0.2, -0.15) is 4.31 Å². The van der Waals surface area contributed by atoms with E-state index >= 15 is 0 Å². The molecule has 3 aromatic carbocycles. The zero-order valence-corrected chi connectivity index (χ0v) is 27.4. The van der Waals surface area contributed by atoms with E-state index in [9.17, 15) is 26.4 Å². The van der Waals surface area contributed by atoms with Gasteiger partial charge in [-0.25, -0.2) is 21.6 Å². The Bertz CT molecular complexity index is 1750. The highest BCUT2D eigenvalue weighted by Gasteiger charge is 2.52. The predicted octanol–water partition coefficient (Wildman–Crippen LogP) is 3.50. The minimum atomic E-state index is -3.64. The van der Waals surface area contributed by atoms with Crippen LogP contribution in [-0.4, -0.2) is 87.4 Å². The van der Waals surface area contributed by atoms with Crippen molar-refractivity contribution in [3.05, 3.63) is 96.1 Å². The van der Waals surface area contributed by atoms with Crippen LogP contribution >= 0.6 is 12.4 Å². The molecule has 45 heavy (non-hydrogen) atoms. The number of imide groups is 1. The molecule has 0 bridgehead atoms. The zero-order chi connectivity index (χ0) is 31.1. The van der Waals surface area contributed by atoms with E-state index in [1.807, 2.05) is 18.2 Å². The van der Waals surface area contributed by atoms with Crippen molar-refractivity contribution in [2.24, 2.45) is 5.92 Å². The van der Waals surface area contributed by atoms with E-state index in [1.54, 1.807) is 46.8 Å². The maximum atomic E-state index is 13.6. The molecule has 0 aliphatic carbocycles. The summed E-state index contributed by atoms with van der Waals surface area (Å²) in [6.07, 6.45) is 2.04. The van der Waals surface area contributed by atoms with E-state index in [0.29, 0.717) is 56.0 Å². The fourth-order valence-electron chi connectivity index (χ4n) is 6.66. The van der Waals surface area contributed by atoms with Crippen molar-refractivity contribution in [2.75, 3.05) is 39.0 Å². The molecule has 1 N–H and O–H groups in total. The van der Waals surface area contributed by atoms with Gasteiger partial charge in [-0.05, 0) is 54.2 Å². The number of hydrogen-bond donors (Lipinski definition) is 1. The van der Waals surface area contributed by atoms with Gasteiger partial charge >= 0.3 is 6.03 Å².